The van der Waals surface area contributed by atoms with Crippen LogP contribution in [0.2, 0.25) is 0 Å². The molecule has 0 aromatic carbocycles. The highest BCUT2D eigenvalue weighted by atomic mass is 16.1. The van der Waals surface area contributed by atoms with Gasteiger partial charge in [-0.2, -0.15) is 0 Å². The minimum absolute atomic E-state index is 0.0784. The highest BCUT2D eigenvalue weighted by Gasteiger charge is 1.98. The van der Waals surface area contributed by atoms with Gasteiger partial charge in [0, 0.05) is 12.7 Å². The van der Waals surface area contributed by atoms with Gasteiger partial charge in [-0.05, 0) is 0 Å². The molecule has 6 heteroatoms. The second-order valence-corrected chi connectivity index (χ2v) is 2.82. The third-order valence-corrected chi connectivity index (χ3v) is 1.65. The second-order valence-electron chi connectivity index (χ2n) is 2.82. The Morgan fingerprint density at radius 1 is 1.60 bits per heavy atom. The van der Waals surface area contributed by atoms with E-state index in [4.69, 9.17) is 6.42 Å². The number of carbonyl (C=O) groups is 1. The van der Waals surface area contributed by atoms with Gasteiger partial charge in [-0.25, -0.2) is 0 Å². The molecule has 0 aliphatic heterocycles. The fourth-order valence-electron chi connectivity index (χ4n) is 0.973. The molecule has 1 amide bonds. The lowest BCUT2D eigenvalue weighted by atomic mass is 10.5. The first kappa shape index (κ1) is 11.2. The van der Waals surface area contributed by atoms with Crippen LogP contribution in [0.3, 0.4) is 0 Å². The van der Waals surface area contributed by atoms with Gasteiger partial charge in [0.15, 0.2) is 0 Å². The van der Waals surface area contributed by atoms with Crippen molar-refractivity contribution >= 4 is 5.91 Å². The molecule has 1 aromatic rings. The Hall–Kier alpha value is -1.87. The summed E-state index contributed by atoms with van der Waals surface area (Å²) in [5.74, 6) is 2.31. The summed E-state index contributed by atoms with van der Waals surface area (Å²) in [5.41, 5.74) is 0. The Bertz CT molecular complexity index is 327. The number of nitrogens with one attached hydrogen (secondary N) is 2. The molecule has 0 saturated heterocycles. The van der Waals surface area contributed by atoms with Crippen molar-refractivity contribution in [3.8, 4) is 12.3 Å². The Morgan fingerprint density at radius 2 is 2.47 bits per heavy atom. The number of terminal acetylenes is 1. The van der Waals surface area contributed by atoms with Crippen molar-refractivity contribution in [2.24, 2.45) is 0 Å². The lowest BCUT2D eigenvalue weighted by Gasteiger charge is -2.04. The third kappa shape index (κ3) is 4.78. The smallest absolute Gasteiger partial charge is 0.234 e. The lowest BCUT2D eigenvalue weighted by Crippen LogP contribution is -2.35. The van der Waals surface area contributed by atoms with Gasteiger partial charge >= 0.3 is 0 Å². The van der Waals surface area contributed by atoms with Crippen LogP contribution in [-0.4, -0.2) is 40.5 Å². The van der Waals surface area contributed by atoms with Crippen LogP contribution in [0.5, 0.6) is 0 Å². The average molecular weight is 207 g/mol. The van der Waals surface area contributed by atoms with Crippen molar-refractivity contribution in [2.45, 2.75) is 6.54 Å². The van der Waals surface area contributed by atoms with Crippen LogP contribution < -0.4 is 10.6 Å². The maximum Gasteiger partial charge on any atom is 0.234 e. The first-order valence-corrected chi connectivity index (χ1v) is 4.58. The fraction of sp³-hybridized carbons (Fsp3) is 0.444. The summed E-state index contributed by atoms with van der Waals surface area (Å²) in [6.07, 6.45) is 8.35. The molecule has 0 aliphatic carbocycles. The second kappa shape index (κ2) is 6.56. The van der Waals surface area contributed by atoms with Gasteiger partial charge in [0.25, 0.3) is 0 Å². The van der Waals surface area contributed by atoms with E-state index in [9.17, 15) is 4.79 Å². The molecule has 0 atom stereocenters. The quantitative estimate of drug-likeness (QED) is 0.445. The number of hydrogen-bond acceptors (Lipinski definition) is 4. The van der Waals surface area contributed by atoms with Crippen LogP contribution in [0.15, 0.2) is 12.4 Å². The topological polar surface area (TPSA) is 71.8 Å². The Kier molecular flexibility index (Phi) is 4.90. The highest BCUT2D eigenvalue weighted by molar-refractivity contribution is 5.77. The van der Waals surface area contributed by atoms with E-state index in [0.717, 1.165) is 0 Å². The van der Waals surface area contributed by atoms with E-state index in [2.05, 4.69) is 26.9 Å². The number of hydrogen-bond donors (Lipinski definition) is 2. The Morgan fingerprint density at radius 3 is 3.13 bits per heavy atom. The van der Waals surface area contributed by atoms with Crippen molar-refractivity contribution in [3.63, 3.8) is 0 Å². The van der Waals surface area contributed by atoms with Crippen LogP contribution >= 0.6 is 0 Å². The van der Waals surface area contributed by atoms with Gasteiger partial charge in [0.1, 0.15) is 0 Å². The first-order valence-electron chi connectivity index (χ1n) is 4.58. The Balaban J connectivity index is 2.05. The predicted molar refractivity (Wildman–Crippen MR) is 54.7 cm³/mol. The van der Waals surface area contributed by atoms with Crippen molar-refractivity contribution in [3.05, 3.63) is 12.4 Å². The molecular formula is C9H13N5O. The molecule has 0 saturated carbocycles. The third-order valence-electron chi connectivity index (χ3n) is 1.65. The molecular weight excluding hydrogens is 194 g/mol. The van der Waals surface area contributed by atoms with Crippen LogP contribution in [0.4, 0.5) is 0 Å². The van der Waals surface area contributed by atoms with Crippen LogP contribution in [0.1, 0.15) is 0 Å². The van der Waals surface area contributed by atoms with E-state index < -0.39 is 0 Å². The predicted octanol–water partition coefficient (Wildman–Crippen LogP) is -1.38. The van der Waals surface area contributed by atoms with Gasteiger partial charge in [0.05, 0.1) is 25.8 Å². The molecule has 2 N–H and O–H groups in total. The SMILES string of the molecule is C#CCNCC(=O)NCCn1ccnn1. The average Bonchev–Trinajstić information content (AvgIpc) is 2.71. The summed E-state index contributed by atoms with van der Waals surface area (Å²) < 4.78 is 1.65. The number of carbonyl (C=O) groups excluding carboxylic acids is 1. The normalized spacial score (nSPS) is 9.53. The summed E-state index contributed by atoms with van der Waals surface area (Å²) in [5, 5.41) is 12.9. The minimum Gasteiger partial charge on any atom is -0.353 e. The number of rotatable bonds is 6. The van der Waals surface area contributed by atoms with E-state index in [-0.39, 0.29) is 12.5 Å². The summed E-state index contributed by atoms with van der Waals surface area (Å²) in [7, 11) is 0. The largest absolute Gasteiger partial charge is 0.353 e. The molecule has 80 valence electrons. The summed E-state index contributed by atoms with van der Waals surface area (Å²) in [6.45, 7) is 1.78. The molecule has 15 heavy (non-hydrogen) atoms. The van der Waals surface area contributed by atoms with Crippen LogP contribution in [-0.2, 0) is 11.3 Å². The number of aromatic nitrogens is 3. The summed E-state index contributed by atoms with van der Waals surface area (Å²) in [4.78, 5) is 11.2. The molecule has 0 spiro atoms. The molecule has 0 bridgehead atoms. The minimum atomic E-state index is -0.0784. The van der Waals surface area contributed by atoms with E-state index in [1.807, 2.05) is 0 Å². The Labute approximate surface area is 88.0 Å². The molecule has 1 heterocycles. The van der Waals surface area contributed by atoms with E-state index >= 15 is 0 Å². The standard InChI is InChI=1S/C9H13N5O/c1-2-3-10-8-9(15)11-4-6-14-7-5-12-13-14/h1,5,7,10H,3-4,6,8H2,(H,11,15). The monoisotopic (exact) mass is 207 g/mol. The van der Waals surface area contributed by atoms with Crippen LogP contribution in [0.25, 0.3) is 0 Å². The zero-order chi connectivity index (χ0) is 10.9. The molecule has 0 fully saturated rings. The van der Waals surface area contributed by atoms with E-state index in [1.165, 1.54) is 0 Å². The van der Waals surface area contributed by atoms with Gasteiger partial charge < -0.3 is 5.32 Å². The summed E-state index contributed by atoms with van der Waals surface area (Å²) in [6, 6.07) is 0. The molecule has 1 aromatic heterocycles. The van der Waals surface area contributed by atoms with Crippen molar-refractivity contribution in [2.75, 3.05) is 19.6 Å². The van der Waals surface area contributed by atoms with Gasteiger partial charge in [-0.3, -0.25) is 14.8 Å². The zero-order valence-electron chi connectivity index (χ0n) is 8.31. The van der Waals surface area contributed by atoms with Crippen molar-refractivity contribution in [1.29, 1.82) is 0 Å². The molecule has 0 unspecified atom stereocenters. The van der Waals surface area contributed by atoms with E-state index in [1.54, 1.807) is 17.1 Å². The lowest BCUT2D eigenvalue weighted by molar-refractivity contribution is -0.120. The van der Waals surface area contributed by atoms with Gasteiger partial charge in [-0.1, -0.05) is 11.1 Å². The molecule has 6 nitrogen and oxygen atoms in total. The van der Waals surface area contributed by atoms with Gasteiger partial charge in [0.2, 0.25) is 5.91 Å². The number of nitrogens with zero attached hydrogens (tertiary/aromatic N) is 3. The maximum atomic E-state index is 11.2. The molecule has 1 rings (SSSR count). The van der Waals surface area contributed by atoms with E-state index in [0.29, 0.717) is 19.6 Å². The van der Waals surface area contributed by atoms with Crippen molar-refractivity contribution < 1.29 is 4.79 Å². The van der Waals surface area contributed by atoms with Crippen LogP contribution in [0, 0.1) is 12.3 Å². The zero-order valence-corrected chi connectivity index (χ0v) is 8.31. The van der Waals surface area contributed by atoms with Gasteiger partial charge in [-0.15, -0.1) is 11.5 Å². The van der Waals surface area contributed by atoms with Crippen molar-refractivity contribution in [1.82, 2.24) is 25.6 Å². The maximum absolute atomic E-state index is 11.2. The fourth-order valence-corrected chi connectivity index (χ4v) is 0.973. The molecule has 0 radical (unpaired) electrons. The summed E-state index contributed by atoms with van der Waals surface area (Å²) >= 11 is 0. The first-order chi connectivity index (χ1) is 7.33. The molecule has 0 aliphatic rings. The highest BCUT2D eigenvalue weighted by Crippen LogP contribution is 1.78. The number of amides is 1.